The second-order valence-corrected chi connectivity index (χ2v) is 7.97. The molecule has 0 bridgehead atoms. The zero-order valence-corrected chi connectivity index (χ0v) is 16.2. The van der Waals surface area contributed by atoms with Gasteiger partial charge in [0.1, 0.15) is 11.6 Å². The maximum Gasteiger partial charge on any atom is 0.229 e. The molecule has 1 saturated carbocycles. The van der Waals surface area contributed by atoms with Crippen LogP contribution in [0.15, 0.2) is 33.7 Å². The van der Waals surface area contributed by atoms with Crippen molar-refractivity contribution in [2.75, 3.05) is 17.7 Å². The first kappa shape index (κ1) is 16.2. The van der Waals surface area contributed by atoms with Crippen molar-refractivity contribution < 1.29 is 4.74 Å². The van der Waals surface area contributed by atoms with Crippen LogP contribution in [0, 0.1) is 6.92 Å². The molecule has 0 unspecified atom stereocenters. The van der Waals surface area contributed by atoms with Gasteiger partial charge in [-0.15, -0.1) is 0 Å². The van der Waals surface area contributed by atoms with Crippen molar-refractivity contribution >= 4 is 42.3 Å². The number of anilines is 3. The minimum Gasteiger partial charge on any atom is -0.496 e. The van der Waals surface area contributed by atoms with E-state index in [1.54, 1.807) is 7.11 Å². The van der Waals surface area contributed by atoms with Crippen LogP contribution in [-0.4, -0.2) is 31.3 Å². The van der Waals surface area contributed by atoms with Crippen LogP contribution in [0.2, 0.25) is 0 Å². The Morgan fingerprint density at radius 1 is 1.20 bits per heavy atom. The molecule has 0 radical (unpaired) electrons. The third-order valence-corrected chi connectivity index (χ3v) is 5.87. The van der Waals surface area contributed by atoms with Crippen LogP contribution in [0.1, 0.15) is 30.1 Å². The first-order chi connectivity index (χ1) is 12.2. The molecule has 8 heteroatoms. The third kappa shape index (κ3) is 4.06. The predicted octanol–water partition coefficient (Wildman–Crippen LogP) is 3.70. The van der Waals surface area contributed by atoms with Gasteiger partial charge >= 0.3 is 0 Å². The number of H-pyrrole nitrogens is 1. The standard InChI is InChI=1S/C17H19IN6O/c1-10-5-15(21-16-7-14(23-24-16)11-3-4-11)22-17(19-10)20-12-6-13(25-2)9-18-8-12/h5-9,11H,3-4H2,1-2H3,(H3,19,20,21,22,23,24). The van der Waals surface area contributed by atoms with E-state index in [0.29, 0.717) is 11.9 Å². The smallest absolute Gasteiger partial charge is 0.229 e. The van der Waals surface area contributed by atoms with Crippen molar-refractivity contribution in [3.63, 3.8) is 0 Å². The predicted molar refractivity (Wildman–Crippen MR) is 107 cm³/mol. The molecule has 0 saturated heterocycles. The Labute approximate surface area is 155 Å². The number of aromatic nitrogens is 4. The monoisotopic (exact) mass is 450 g/mol. The lowest BCUT2D eigenvalue weighted by Gasteiger charge is -2.11. The Hall–Kier alpha value is -2.23. The van der Waals surface area contributed by atoms with Gasteiger partial charge in [0.25, 0.3) is 0 Å². The highest BCUT2D eigenvalue weighted by Gasteiger charge is 2.25. The maximum absolute atomic E-state index is 5.30. The zero-order valence-electron chi connectivity index (χ0n) is 14.0. The van der Waals surface area contributed by atoms with Crippen LogP contribution >= 0.6 is 20.7 Å². The summed E-state index contributed by atoms with van der Waals surface area (Å²) in [5.74, 6) is 3.59. The summed E-state index contributed by atoms with van der Waals surface area (Å²) in [6.45, 7) is 1.95. The van der Waals surface area contributed by atoms with E-state index in [1.165, 1.54) is 18.5 Å². The molecule has 2 aromatic heterocycles. The van der Waals surface area contributed by atoms with Crippen molar-refractivity contribution in [3.05, 3.63) is 45.1 Å². The molecule has 1 aliphatic heterocycles. The minimum absolute atomic E-state index is 0.153. The highest BCUT2D eigenvalue weighted by molar-refractivity contribution is 14.2. The number of aryl methyl sites for hydroxylation is 1. The highest BCUT2D eigenvalue weighted by Crippen LogP contribution is 2.39. The van der Waals surface area contributed by atoms with E-state index in [9.17, 15) is 0 Å². The number of allylic oxidation sites excluding steroid dienone is 2. The second kappa shape index (κ2) is 6.95. The van der Waals surface area contributed by atoms with Crippen LogP contribution in [0.25, 0.3) is 0 Å². The van der Waals surface area contributed by atoms with Gasteiger partial charge in [0.05, 0.1) is 12.8 Å². The van der Waals surface area contributed by atoms with Gasteiger partial charge in [-0.2, -0.15) is 10.1 Å². The molecule has 0 aromatic carbocycles. The number of aromatic amines is 1. The van der Waals surface area contributed by atoms with Crippen molar-refractivity contribution in [2.45, 2.75) is 25.7 Å². The number of hydrogen-bond donors (Lipinski definition) is 3. The Morgan fingerprint density at radius 2 is 2.08 bits per heavy atom. The van der Waals surface area contributed by atoms with Gasteiger partial charge in [-0.05, 0) is 23.8 Å². The molecule has 2 aromatic rings. The molecule has 2 aliphatic rings. The second-order valence-electron chi connectivity index (χ2n) is 6.00. The quantitative estimate of drug-likeness (QED) is 0.582. The Balaban J connectivity index is 1.51. The lowest BCUT2D eigenvalue weighted by Crippen LogP contribution is -2.06. The van der Waals surface area contributed by atoms with Crippen molar-refractivity contribution in [1.82, 2.24) is 20.2 Å². The fourth-order valence-corrected chi connectivity index (χ4v) is 4.19. The summed E-state index contributed by atoms with van der Waals surface area (Å²) in [4.78, 5) is 9.01. The average Bonchev–Trinajstić information content (AvgIpc) is 3.34. The first-order valence-corrected chi connectivity index (χ1v) is 10.5. The molecule has 1 fully saturated rings. The van der Waals surface area contributed by atoms with Gasteiger partial charge in [0.2, 0.25) is 5.95 Å². The number of hydrogen-bond acceptors (Lipinski definition) is 6. The molecule has 130 valence electrons. The third-order valence-electron chi connectivity index (χ3n) is 3.87. The number of rotatable bonds is 6. The number of nitrogens with one attached hydrogen (secondary N) is 3. The van der Waals surface area contributed by atoms with Crippen LogP contribution in [0.3, 0.4) is 0 Å². The van der Waals surface area contributed by atoms with E-state index < -0.39 is 0 Å². The Bertz CT molecular complexity index is 881. The molecule has 25 heavy (non-hydrogen) atoms. The van der Waals surface area contributed by atoms with Crippen molar-refractivity contribution in [3.8, 4) is 0 Å². The van der Waals surface area contributed by atoms with Gasteiger partial charge in [-0.25, -0.2) is 4.98 Å². The summed E-state index contributed by atoms with van der Waals surface area (Å²) in [7, 11) is 1.68. The number of ether oxygens (including phenoxy) is 1. The Kier molecular flexibility index (Phi) is 4.51. The minimum atomic E-state index is -0.153. The molecule has 7 nitrogen and oxygen atoms in total. The molecule has 3 N–H and O–H groups in total. The topological polar surface area (TPSA) is 87.8 Å². The summed E-state index contributed by atoms with van der Waals surface area (Å²) in [5.41, 5.74) is 3.04. The summed E-state index contributed by atoms with van der Waals surface area (Å²) in [6, 6.07) is 3.96. The summed E-state index contributed by atoms with van der Waals surface area (Å²) in [6.07, 6.45) is 4.45. The van der Waals surface area contributed by atoms with Gasteiger partial charge in [-0.3, -0.25) is 5.10 Å². The molecular weight excluding hydrogens is 431 g/mol. The van der Waals surface area contributed by atoms with E-state index in [-0.39, 0.29) is 20.7 Å². The zero-order chi connectivity index (χ0) is 17.2. The van der Waals surface area contributed by atoms with E-state index in [4.69, 9.17) is 4.74 Å². The number of methoxy groups -OCH3 is 1. The van der Waals surface area contributed by atoms with Gasteiger partial charge in [0.15, 0.2) is 5.82 Å². The SMILES string of the molecule is COC1=CC(Nc2nc(C)cc(Nc3cc(C4CC4)[nH]n3)n2)=CI=C1. The van der Waals surface area contributed by atoms with Crippen molar-refractivity contribution in [1.29, 1.82) is 0 Å². The molecule has 0 atom stereocenters. The van der Waals surface area contributed by atoms with E-state index >= 15 is 0 Å². The number of halogens is 1. The van der Waals surface area contributed by atoms with Crippen LogP contribution in [0.5, 0.6) is 0 Å². The fraction of sp³-hybridized carbons (Fsp3) is 0.294. The largest absolute Gasteiger partial charge is 0.496 e. The maximum atomic E-state index is 5.30. The van der Waals surface area contributed by atoms with Crippen molar-refractivity contribution in [2.24, 2.45) is 0 Å². The summed E-state index contributed by atoms with van der Waals surface area (Å²) in [5, 5.41) is 13.9. The van der Waals surface area contributed by atoms with E-state index in [2.05, 4.69) is 45.0 Å². The number of nitrogens with zero attached hydrogens (tertiary/aromatic N) is 3. The fourth-order valence-electron chi connectivity index (χ4n) is 2.50. The van der Waals surface area contributed by atoms with Gasteiger partial charge in [-0.1, -0.05) is 20.7 Å². The van der Waals surface area contributed by atoms with E-state index in [1.807, 2.05) is 19.1 Å². The summed E-state index contributed by atoms with van der Waals surface area (Å²) < 4.78 is 9.60. The Morgan fingerprint density at radius 3 is 2.88 bits per heavy atom. The lowest BCUT2D eigenvalue weighted by atomic mass is 10.3. The normalized spacial score (nSPS) is 16.6. The highest BCUT2D eigenvalue weighted by atomic mass is 127. The van der Waals surface area contributed by atoms with Gasteiger partial charge < -0.3 is 15.4 Å². The first-order valence-electron chi connectivity index (χ1n) is 8.06. The van der Waals surface area contributed by atoms with Crippen LogP contribution in [-0.2, 0) is 4.74 Å². The molecule has 0 spiro atoms. The molecule has 0 amide bonds. The molecule has 1 aliphatic carbocycles. The summed E-state index contributed by atoms with van der Waals surface area (Å²) >= 11 is -0.153. The van der Waals surface area contributed by atoms with Gasteiger partial charge in [0, 0.05) is 39.5 Å². The lowest BCUT2D eigenvalue weighted by molar-refractivity contribution is 0.318. The molecule has 4 rings (SSSR count). The molecular formula is C17H19IN6O. The van der Waals surface area contributed by atoms with E-state index in [0.717, 1.165) is 28.8 Å². The molecule has 3 heterocycles. The van der Waals surface area contributed by atoms with Crippen LogP contribution in [0.4, 0.5) is 17.6 Å². The van der Waals surface area contributed by atoms with Crippen LogP contribution < -0.4 is 10.6 Å². The average molecular weight is 450 g/mol.